The monoisotopic (exact) mass is 548 g/mol. The summed E-state index contributed by atoms with van der Waals surface area (Å²) < 4.78 is 7.38. The third-order valence-electron chi connectivity index (χ3n) is 4.95. The van der Waals surface area contributed by atoms with E-state index in [1.165, 1.54) is 0 Å². The molecule has 0 saturated carbocycles. The zero-order valence-corrected chi connectivity index (χ0v) is 21.2. The van der Waals surface area contributed by atoms with Gasteiger partial charge in [-0.2, -0.15) is 0 Å². The van der Waals surface area contributed by atoms with Gasteiger partial charge >= 0.3 is 0 Å². The van der Waals surface area contributed by atoms with E-state index in [1.807, 2.05) is 25.5 Å². The van der Waals surface area contributed by atoms with E-state index in [1.54, 1.807) is 11.3 Å². The molecule has 1 fully saturated rings. The number of ether oxygens (including phenoxy) is 1. The molecule has 0 radical (unpaired) electrons. The highest BCUT2D eigenvalue weighted by molar-refractivity contribution is 14.0. The van der Waals surface area contributed by atoms with Crippen LogP contribution in [0.5, 0.6) is 0 Å². The van der Waals surface area contributed by atoms with Crippen LogP contribution in [-0.2, 0) is 24.8 Å². The summed E-state index contributed by atoms with van der Waals surface area (Å²) in [4.78, 5) is 11.7. The molecule has 9 nitrogen and oxygen atoms in total. The molecule has 3 heterocycles. The molecular weight excluding hydrogens is 515 g/mol. The first kappa shape index (κ1) is 25.0. The molecule has 0 bridgehead atoms. The van der Waals surface area contributed by atoms with E-state index in [0.717, 1.165) is 87.1 Å². The van der Waals surface area contributed by atoms with Crippen molar-refractivity contribution in [3.8, 4) is 0 Å². The summed E-state index contributed by atoms with van der Waals surface area (Å²) in [7, 11) is 1.97. The SMILES string of the molecule is Cc1nc(CCNC(=NCc2nnc(C)n2C)NCCCN2CCOCC2)cs1.I. The number of aryl methyl sites for hydroxylation is 2. The van der Waals surface area contributed by atoms with Gasteiger partial charge in [0.2, 0.25) is 0 Å². The Bertz CT molecular complexity index is 787. The number of nitrogens with zero attached hydrogens (tertiary/aromatic N) is 6. The molecule has 11 heteroatoms. The lowest BCUT2D eigenvalue weighted by molar-refractivity contribution is 0.0376. The fourth-order valence-corrected chi connectivity index (χ4v) is 3.73. The fraction of sp³-hybridized carbons (Fsp3) is 0.684. The largest absolute Gasteiger partial charge is 0.379 e. The Hall–Kier alpha value is -1.31. The molecule has 2 N–H and O–H groups in total. The lowest BCUT2D eigenvalue weighted by Crippen LogP contribution is -2.41. The minimum absolute atomic E-state index is 0. The Labute approximate surface area is 199 Å². The van der Waals surface area contributed by atoms with Crippen LogP contribution in [-0.4, -0.2) is 76.5 Å². The molecule has 1 aliphatic heterocycles. The van der Waals surface area contributed by atoms with Crippen LogP contribution in [0.15, 0.2) is 10.4 Å². The normalized spacial score (nSPS) is 15.1. The van der Waals surface area contributed by atoms with Crippen LogP contribution in [0.1, 0.15) is 28.8 Å². The number of morpholine rings is 1. The number of hydrogen-bond donors (Lipinski definition) is 2. The van der Waals surface area contributed by atoms with Gasteiger partial charge in [0.05, 0.1) is 23.9 Å². The van der Waals surface area contributed by atoms with Crippen molar-refractivity contribution in [2.24, 2.45) is 12.0 Å². The summed E-state index contributed by atoms with van der Waals surface area (Å²) >= 11 is 1.69. The van der Waals surface area contributed by atoms with Crippen molar-refractivity contribution in [3.63, 3.8) is 0 Å². The van der Waals surface area contributed by atoms with Gasteiger partial charge in [0.15, 0.2) is 11.8 Å². The number of aliphatic imine (C=N–C) groups is 1. The predicted octanol–water partition coefficient (Wildman–Crippen LogP) is 1.51. The Morgan fingerprint density at radius 2 is 1.97 bits per heavy atom. The zero-order valence-electron chi connectivity index (χ0n) is 18.1. The third kappa shape index (κ3) is 8.08. The van der Waals surface area contributed by atoms with Crippen molar-refractivity contribution in [1.29, 1.82) is 0 Å². The third-order valence-corrected chi connectivity index (χ3v) is 5.77. The van der Waals surface area contributed by atoms with Crippen LogP contribution in [0.3, 0.4) is 0 Å². The first-order valence-electron chi connectivity index (χ1n) is 10.2. The Balaban J connectivity index is 0.00000320. The second kappa shape index (κ2) is 13.2. The molecule has 168 valence electrons. The van der Waals surface area contributed by atoms with Crippen molar-refractivity contribution in [1.82, 2.24) is 35.3 Å². The molecule has 0 atom stereocenters. The predicted molar refractivity (Wildman–Crippen MR) is 131 cm³/mol. The van der Waals surface area contributed by atoms with Crippen LogP contribution in [0.4, 0.5) is 0 Å². The highest BCUT2D eigenvalue weighted by Crippen LogP contribution is 2.07. The minimum atomic E-state index is 0. The second-order valence-corrected chi connectivity index (χ2v) is 8.22. The van der Waals surface area contributed by atoms with Crippen molar-refractivity contribution in [2.45, 2.75) is 33.2 Å². The molecule has 3 rings (SSSR count). The van der Waals surface area contributed by atoms with Gasteiger partial charge in [-0.1, -0.05) is 0 Å². The standard InChI is InChI=1S/C19H32N8OS.HI/c1-15-24-25-18(26(15)3)13-22-19(21-7-5-17-14-29-16(2)23-17)20-6-4-8-27-9-11-28-12-10-27;/h14H,4-13H2,1-3H3,(H2,20,21,22);1H. The molecule has 0 aliphatic carbocycles. The van der Waals surface area contributed by atoms with E-state index in [-0.39, 0.29) is 24.0 Å². The molecular formula is C19H33IN8OS. The topological polar surface area (TPSA) is 92.5 Å². The van der Waals surface area contributed by atoms with E-state index in [9.17, 15) is 0 Å². The van der Waals surface area contributed by atoms with E-state index < -0.39 is 0 Å². The molecule has 0 aromatic carbocycles. The molecule has 2 aromatic heterocycles. The van der Waals surface area contributed by atoms with Crippen LogP contribution in [0.25, 0.3) is 0 Å². The second-order valence-electron chi connectivity index (χ2n) is 7.16. The van der Waals surface area contributed by atoms with Gasteiger partial charge in [0, 0.05) is 45.0 Å². The average Bonchev–Trinajstić information content (AvgIpc) is 3.29. The summed E-state index contributed by atoms with van der Waals surface area (Å²) in [5.74, 6) is 2.55. The van der Waals surface area contributed by atoms with Crippen molar-refractivity contribution < 1.29 is 4.74 Å². The van der Waals surface area contributed by atoms with Gasteiger partial charge in [0.1, 0.15) is 12.4 Å². The van der Waals surface area contributed by atoms with Gasteiger partial charge in [-0.25, -0.2) is 9.98 Å². The Morgan fingerprint density at radius 1 is 1.20 bits per heavy atom. The van der Waals surface area contributed by atoms with E-state index >= 15 is 0 Å². The maximum absolute atomic E-state index is 5.41. The number of halogens is 1. The zero-order chi connectivity index (χ0) is 20.5. The van der Waals surface area contributed by atoms with E-state index in [2.05, 4.69) is 36.1 Å². The van der Waals surface area contributed by atoms with Crippen LogP contribution < -0.4 is 10.6 Å². The number of guanidine groups is 1. The quantitative estimate of drug-likeness (QED) is 0.213. The Kier molecular flexibility index (Phi) is 11.0. The number of hydrogen-bond acceptors (Lipinski definition) is 7. The summed E-state index contributed by atoms with van der Waals surface area (Å²) in [6.07, 6.45) is 1.94. The maximum atomic E-state index is 5.41. The lowest BCUT2D eigenvalue weighted by Gasteiger charge is -2.26. The smallest absolute Gasteiger partial charge is 0.191 e. The summed E-state index contributed by atoms with van der Waals surface area (Å²) in [5, 5.41) is 18.4. The van der Waals surface area contributed by atoms with Gasteiger partial charge in [-0.3, -0.25) is 4.90 Å². The molecule has 0 unspecified atom stereocenters. The molecule has 30 heavy (non-hydrogen) atoms. The number of thiazole rings is 1. The first-order chi connectivity index (χ1) is 14.1. The molecule has 0 spiro atoms. The lowest BCUT2D eigenvalue weighted by atomic mass is 10.3. The van der Waals surface area contributed by atoms with Crippen LogP contribution in [0.2, 0.25) is 0 Å². The van der Waals surface area contributed by atoms with Gasteiger partial charge in [-0.15, -0.1) is 45.5 Å². The van der Waals surface area contributed by atoms with Crippen LogP contribution in [0, 0.1) is 13.8 Å². The van der Waals surface area contributed by atoms with Crippen LogP contribution >= 0.6 is 35.3 Å². The number of aromatic nitrogens is 4. The highest BCUT2D eigenvalue weighted by atomic mass is 127. The summed E-state index contributed by atoms with van der Waals surface area (Å²) in [6, 6.07) is 0. The van der Waals surface area contributed by atoms with Gasteiger partial charge < -0.3 is 19.9 Å². The summed E-state index contributed by atoms with van der Waals surface area (Å²) in [6.45, 7) is 10.9. The molecule has 2 aromatic rings. The van der Waals surface area contributed by atoms with E-state index in [4.69, 9.17) is 9.73 Å². The Morgan fingerprint density at radius 3 is 2.63 bits per heavy atom. The van der Waals surface area contributed by atoms with Crippen molar-refractivity contribution in [3.05, 3.63) is 27.7 Å². The van der Waals surface area contributed by atoms with E-state index in [0.29, 0.717) is 6.54 Å². The summed E-state index contributed by atoms with van der Waals surface area (Å²) in [5.41, 5.74) is 1.12. The van der Waals surface area contributed by atoms with Crippen molar-refractivity contribution in [2.75, 3.05) is 45.9 Å². The van der Waals surface area contributed by atoms with Crippen molar-refractivity contribution >= 4 is 41.3 Å². The first-order valence-corrected chi connectivity index (χ1v) is 11.1. The molecule has 1 aliphatic rings. The average molecular weight is 548 g/mol. The molecule has 1 saturated heterocycles. The minimum Gasteiger partial charge on any atom is -0.379 e. The highest BCUT2D eigenvalue weighted by Gasteiger charge is 2.10. The molecule has 0 amide bonds. The maximum Gasteiger partial charge on any atom is 0.191 e. The fourth-order valence-electron chi connectivity index (χ4n) is 3.08. The number of nitrogens with one attached hydrogen (secondary N) is 2. The van der Waals surface area contributed by atoms with Gasteiger partial charge in [-0.05, 0) is 26.8 Å². The van der Waals surface area contributed by atoms with Gasteiger partial charge in [0.25, 0.3) is 0 Å². The number of rotatable bonds is 9.